The molecule has 2 unspecified atom stereocenters. The Hall–Kier alpha value is -0.650. The second kappa shape index (κ2) is 7.82. The van der Waals surface area contributed by atoms with Gasteiger partial charge in [-0.2, -0.15) is 0 Å². The lowest BCUT2D eigenvalue weighted by molar-refractivity contribution is -0.140. The molecule has 1 saturated heterocycles. The van der Waals surface area contributed by atoms with E-state index in [0.29, 0.717) is 32.2 Å². The molecule has 1 aliphatic heterocycles. The lowest BCUT2D eigenvalue weighted by Crippen LogP contribution is -2.50. The molecule has 19 heavy (non-hydrogen) atoms. The first-order chi connectivity index (χ1) is 8.93. The molecular weight excluding hydrogens is 242 g/mol. The fraction of sp³-hybridized carbons (Fsp3) is 0.929. The van der Waals surface area contributed by atoms with Crippen molar-refractivity contribution in [2.24, 2.45) is 11.7 Å². The van der Waals surface area contributed by atoms with E-state index in [-0.39, 0.29) is 18.0 Å². The van der Waals surface area contributed by atoms with E-state index in [2.05, 4.69) is 18.7 Å². The van der Waals surface area contributed by atoms with Crippen LogP contribution in [0.15, 0.2) is 0 Å². The highest BCUT2D eigenvalue weighted by Gasteiger charge is 2.25. The molecule has 0 spiro atoms. The molecule has 0 aromatic heterocycles. The van der Waals surface area contributed by atoms with Gasteiger partial charge >= 0.3 is 0 Å². The fourth-order valence-electron chi connectivity index (χ4n) is 2.12. The van der Waals surface area contributed by atoms with E-state index >= 15 is 0 Å². The average molecular weight is 271 g/mol. The van der Waals surface area contributed by atoms with Gasteiger partial charge in [0.15, 0.2) is 0 Å². The molecule has 5 heteroatoms. The highest BCUT2D eigenvalue weighted by atomic mass is 16.5. The van der Waals surface area contributed by atoms with Crippen molar-refractivity contribution >= 4 is 5.91 Å². The number of carbonyl (C=O) groups excluding carboxylic acids is 1. The molecular formula is C14H29N3O2. The van der Waals surface area contributed by atoms with Crippen LogP contribution in [0.1, 0.15) is 27.2 Å². The number of nitrogens with zero attached hydrogens (tertiary/aromatic N) is 2. The van der Waals surface area contributed by atoms with Crippen molar-refractivity contribution in [3.63, 3.8) is 0 Å². The fourth-order valence-corrected chi connectivity index (χ4v) is 2.12. The van der Waals surface area contributed by atoms with E-state index < -0.39 is 0 Å². The third-order valence-corrected chi connectivity index (χ3v) is 4.01. The molecule has 2 atom stereocenters. The first kappa shape index (κ1) is 16.4. The molecule has 112 valence electrons. The quantitative estimate of drug-likeness (QED) is 0.766. The van der Waals surface area contributed by atoms with Crippen LogP contribution >= 0.6 is 0 Å². The summed E-state index contributed by atoms with van der Waals surface area (Å²) in [6, 6.07) is 0.116. The summed E-state index contributed by atoms with van der Waals surface area (Å²) in [6.45, 7) is 9.82. The third-order valence-electron chi connectivity index (χ3n) is 4.01. The lowest BCUT2D eigenvalue weighted by atomic mass is 10.0. The zero-order chi connectivity index (χ0) is 14.4. The van der Waals surface area contributed by atoms with E-state index in [4.69, 9.17) is 10.5 Å². The summed E-state index contributed by atoms with van der Waals surface area (Å²) < 4.78 is 5.27. The summed E-state index contributed by atoms with van der Waals surface area (Å²) in [6.07, 6.45) is 0.925. The molecule has 2 N–H and O–H groups in total. The summed E-state index contributed by atoms with van der Waals surface area (Å²) in [5, 5.41) is 0. The number of rotatable bonds is 6. The molecule has 1 fully saturated rings. The zero-order valence-electron chi connectivity index (χ0n) is 12.8. The van der Waals surface area contributed by atoms with Crippen LogP contribution in [0.4, 0.5) is 0 Å². The minimum atomic E-state index is -0.0857. The molecule has 0 aromatic rings. The largest absolute Gasteiger partial charge is 0.378 e. The number of ether oxygens (including phenoxy) is 1. The van der Waals surface area contributed by atoms with Crippen LogP contribution in [0.25, 0.3) is 0 Å². The Balaban J connectivity index is 2.38. The van der Waals surface area contributed by atoms with Gasteiger partial charge < -0.3 is 15.4 Å². The minimum absolute atomic E-state index is 0.0857. The molecule has 0 radical (unpaired) electrons. The van der Waals surface area contributed by atoms with Gasteiger partial charge in [-0.3, -0.25) is 9.69 Å². The standard InChI is InChI=1S/C14H29N3O2/c1-11(2)13(15)5-6-16(4)12(3)14(18)17-7-9-19-10-8-17/h11-13H,5-10,15H2,1-4H3. The van der Waals surface area contributed by atoms with Gasteiger partial charge in [0.2, 0.25) is 5.91 Å². The second-order valence-corrected chi connectivity index (χ2v) is 5.79. The van der Waals surface area contributed by atoms with Crippen molar-refractivity contribution in [3.8, 4) is 0 Å². The van der Waals surface area contributed by atoms with Crippen molar-refractivity contribution in [1.29, 1.82) is 0 Å². The number of carbonyl (C=O) groups is 1. The van der Waals surface area contributed by atoms with Crippen LogP contribution in [-0.2, 0) is 9.53 Å². The van der Waals surface area contributed by atoms with E-state index in [1.807, 2.05) is 18.9 Å². The van der Waals surface area contributed by atoms with Crippen LogP contribution in [-0.4, -0.2) is 67.7 Å². The highest BCUT2D eigenvalue weighted by Crippen LogP contribution is 2.08. The normalized spacial score (nSPS) is 19.8. The SMILES string of the molecule is CC(C)C(N)CCN(C)C(C)C(=O)N1CCOCC1. The summed E-state index contributed by atoms with van der Waals surface area (Å²) in [7, 11) is 2.00. The Morgan fingerprint density at radius 1 is 1.32 bits per heavy atom. The number of hydrogen-bond acceptors (Lipinski definition) is 4. The van der Waals surface area contributed by atoms with Gasteiger partial charge in [0.1, 0.15) is 0 Å². The maximum Gasteiger partial charge on any atom is 0.239 e. The van der Waals surface area contributed by atoms with Crippen LogP contribution in [0.2, 0.25) is 0 Å². The van der Waals surface area contributed by atoms with Crippen LogP contribution in [0.3, 0.4) is 0 Å². The van der Waals surface area contributed by atoms with Gasteiger partial charge in [-0.1, -0.05) is 13.8 Å². The zero-order valence-corrected chi connectivity index (χ0v) is 12.8. The number of nitrogens with two attached hydrogens (primary N) is 1. The number of likely N-dealkylation sites (N-methyl/N-ethyl adjacent to an activating group) is 1. The predicted octanol–water partition coefficient (Wildman–Crippen LogP) is 0.539. The average Bonchev–Trinajstić information content (AvgIpc) is 2.43. The molecule has 0 saturated carbocycles. The van der Waals surface area contributed by atoms with Gasteiger partial charge in [-0.05, 0) is 26.3 Å². The van der Waals surface area contributed by atoms with E-state index in [1.54, 1.807) is 0 Å². The van der Waals surface area contributed by atoms with Gasteiger partial charge in [0, 0.05) is 25.7 Å². The molecule has 0 bridgehead atoms. The highest BCUT2D eigenvalue weighted by molar-refractivity contribution is 5.81. The summed E-state index contributed by atoms with van der Waals surface area (Å²) in [5.74, 6) is 0.683. The van der Waals surface area contributed by atoms with Crippen LogP contribution < -0.4 is 5.73 Å². The Kier molecular flexibility index (Phi) is 6.75. The van der Waals surface area contributed by atoms with Gasteiger partial charge in [-0.25, -0.2) is 0 Å². The van der Waals surface area contributed by atoms with E-state index in [9.17, 15) is 4.79 Å². The monoisotopic (exact) mass is 271 g/mol. The predicted molar refractivity (Wildman–Crippen MR) is 76.9 cm³/mol. The maximum absolute atomic E-state index is 12.3. The first-order valence-corrected chi connectivity index (χ1v) is 7.25. The molecule has 1 heterocycles. The maximum atomic E-state index is 12.3. The lowest BCUT2D eigenvalue weighted by Gasteiger charge is -2.33. The van der Waals surface area contributed by atoms with Crippen LogP contribution in [0, 0.1) is 5.92 Å². The molecule has 1 amide bonds. The van der Waals surface area contributed by atoms with E-state index in [0.717, 1.165) is 13.0 Å². The van der Waals surface area contributed by atoms with Gasteiger partial charge in [0.05, 0.1) is 19.3 Å². The second-order valence-electron chi connectivity index (χ2n) is 5.79. The summed E-state index contributed by atoms with van der Waals surface area (Å²) in [4.78, 5) is 16.3. The summed E-state index contributed by atoms with van der Waals surface area (Å²) >= 11 is 0. The smallest absolute Gasteiger partial charge is 0.239 e. The number of amides is 1. The Labute approximate surface area is 117 Å². The van der Waals surface area contributed by atoms with Crippen molar-refractivity contribution in [2.45, 2.75) is 39.3 Å². The molecule has 1 rings (SSSR count). The Morgan fingerprint density at radius 2 is 1.89 bits per heavy atom. The van der Waals surface area contributed by atoms with Crippen molar-refractivity contribution in [1.82, 2.24) is 9.80 Å². The van der Waals surface area contributed by atoms with Crippen molar-refractivity contribution in [2.75, 3.05) is 39.9 Å². The molecule has 0 aliphatic carbocycles. The van der Waals surface area contributed by atoms with Crippen LogP contribution in [0.5, 0.6) is 0 Å². The Bertz CT molecular complexity index is 278. The number of morpholine rings is 1. The first-order valence-electron chi connectivity index (χ1n) is 7.25. The van der Waals surface area contributed by atoms with E-state index in [1.165, 1.54) is 0 Å². The van der Waals surface area contributed by atoms with Gasteiger partial charge in [-0.15, -0.1) is 0 Å². The molecule has 5 nitrogen and oxygen atoms in total. The topological polar surface area (TPSA) is 58.8 Å². The summed E-state index contributed by atoms with van der Waals surface area (Å²) in [5.41, 5.74) is 6.05. The van der Waals surface area contributed by atoms with Crippen molar-refractivity contribution in [3.05, 3.63) is 0 Å². The van der Waals surface area contributed by atoms with Crippen molar-refractivity contribution < 1.29 is 9.53 Å². The molecule has 1 aliphatic rings. The number of hydrogen-bond donors (Lipinski definition) is 1. The minimum Gasteiger partial charge on any atom is -0.378 e. The molecule has 0 aromatic carbocycles. The third kappa shape index (κ3) is 5.09. The van der Waals surface area contributed by atoms with Gasteiger partial charge in [0.25, 0.3) is 0 Å². The Morgan fingerprint density at radius 3 is 2.42 bits per heavy atom.